The lowest BCUT2D eigenvalue weighted by Gasteiger charge is -2.25. The topological polar surface area (TPSA) is 54.0 Å². The standard InChI is InChI=1S/C23H24O5S/c1-5-16(17-8-6-7-9-18(17)28-14-24)22-11-10-21(29-22)15-12-19(25-2)23(27-4)20(13-15)26-3/h5-12,14,20H,13H2,1-4H3/b16-5+. The van der Waals surface area contributed by atoms with E-state index in [1.165, 1.54) is 0 Å². The summed E-state index contributed by atoms with van der Waals surface area (Å²) in [4.78, 5) is 13.1. The molecule has 1 aromatic carbocycles. The Labute approximate surface area is 174 Å². The van der Waals surface area contributed by atoms with Crippen molar-refractivity contribution in [1.82, 2.24) is 0 Å². The van der Waals surface area contributed by atoms with Crippen LogP contribution < -0.4 is 4.74 Å². The molecule has 0 saturated heterocycles. The Morgan fingerprint density at radius 1 is 1.10 bits per heavy atom. The van der Waals surface area contributed by atoms with E-state index in [1.807, 2.05) is 37.3 Å². The van der Waals surface area contributed by atoms with Crippen molar-refractivity contribution in [1.29, 1.82) is 0 Å². The monoisotopic (exact) mass is 412 g/mol. The number of carbonyl (C=O) groups excluding carboxylic acids is 1. The van der Waals surface area contributed by atoms with E-state index in [1.54, 1.807) is 38.7 Å². The first-order valence-corrected chi connectivity index (χ1v) is 10.0. The third kappa shape index (κ3) is 4.28. The molecule has 0 bridgehead atoms. The number of thiophene rings is 1. The zero-order valence-corrected chi connectivity index (χ0v) is 17.7. The molecule has 6 heteroatoms. The fraction of sp³-hybridized carbons (Fsp3) is 0.261. The van der Waals surface area contributed by atoms with Gasteiger partial charge >= 0.3 is 0 Å². The second-order valence-corrected chi connectivity index (χ2v) is 7.40. The van der Waals surface area contributed by atoms with Crippen molar-refractivity contribution in [2.24, 2.45) is 0 Å². The van der Waals surface area contributed by atoms with Gasteiger partial charge in [0.1, 0.15) is 11.9 Å². The van der Waals surface area contributed by atoms with E-state index in [0.29, 0.717) is 30.2 Å². The van der Waals surface area contributed by atoms with E-state index in [0.717, 1.165) is 26.5 Å². The van der Waals surface area contributed by atoms with Gasteiger partial charge in [-0.15, -0.1) is 11.3 Å². The normalized spacial score (nSPS) is 17.0. The van der Waals surface area contributed by atoms with E-state index < -0.39 is 0 Å². The summed E-state index contributed by atoms with van der Waals surface area (Å²) < 4.78 is 21.8. The van der Waals surface area contributed by atoms with Crippen molar-refractivity contribution < 1.29 is 23.7 Å². The Hall–Kier alpha value is -2.83. The number of allylic oxidation sites excluding steroid dienone is 2. The first-order valence-electron chi connectivity index (χ1n) is 9.18. The highest BCUT2D eigenvalue weighted by molar-refractivity contribution is 7.14. The zero-order valence-electron chi connectivity index (χ0n) is 16.9. The van der Waals surface area contributed by atoms with Gasteiger partial charge in [0.2, 0.25) is 0 Å². The predicted molar refractivity (Wildman–Crippen MR) is 115 cm³/mol. The minimum Gasteiger partial charge on any atom is -0.494 e. The third-order valence-corrected chi connectivity index (χ3v) is 5.99. The van der Waals surface area contributed by atoms with Gasteiger partial charge in [0.25, 0.3) is 6.47 Å². The molecule has 0 fully saturated rings. The summed E-state index contributed by atoms with van der Waals surface area (Å²) >= 11 is 1.67. The molecular weight excluding hydrogens is 388 g/mol. The molecule has 1 atom stereocenters. The van der Waals surface area contributed by atoms with Gasteiger partial charge < -0.3 is 18.9 Å². The molecule has 0 aliphatic heterocycles. The van der Waals surface area contributed by atoms with Gasteiger partial charge in [0, 0.05) is 28.8 Å². The molecule has 1 unspecified atom stereocenters. The van der Waals surface area contributed by atoms with Crippen molar-refractivity contribution in [2.45, 2.75) is 19.4 Å². The van der Waals surface area contributed by atoms with Gasteiger partial charge in [-0.05, 0) is 42.3 Å². The third-order valence-electron chi connectivity index (χ3n) is 4.80. The van der Waals surface area contributed by atoms with E-state index in [-0.39, 0.29) is 6.10 Å². The van der Waals surface area contributed by atoms with Crippen LogP contribution in [0.25, 0.3) is 11.1 Å². The lowest BCUT2D eigenvalue weighted by molar-refractivity contribution is -0.120. The van der Waals surface area contributed by atoms with Crippen LogP contribution in [0.1, 0.15) is 28.7 Å². The number of benzene rings is 1. The summed E-state index contributed by atoms with van der Waals surface area (Å²) in [7, 11) is 4.92. The number of carbonyl (C=O) groups is 1. The molecule has 3 rings (SSSR count). The Balaban J connectivity index is 1.98. The minimum absolute atomic E-state index is 0.191. The average molecular weight is 413 g/mol. The molecule has 1 aliphatic carbocycles. The van der Waals surface area contributed by atoms with Gasteiger partial charge in [0.15, 0.2) is 11.5 Å². The first-order chi connectivity index (χ1) is 14.2. The molecule has 1 heterocycles. The molecule has 1 aromatic heterocycles. The molecule has 0 radical (unpaired) electrons. The highest BCUT2D eigenvalue weighted by Crippen LogP contribution is 2.40. The summed E-state index contributed by atoms with van der Waals surface area (Å²) in [5.41, 5.74) is 3.01. The Morgan fingerprint density at radius 2 is 1.90 bits per heavy atom. The first kappa shape index (κ1) is 20.9. The predicted octanol–water partition coefficient (Wildman–Crippen LogP) is 5.04. The van der Waals surface area contributed by atoms with Crippen LogP contribution in [0.4, 0.5) is 0 Å². The molecular formula is C23H24O5S. The quantitative estimate of drug-likeness (QED) is 0.569. The number of hydrogen-bond acceptors (Lipinski definition) is 6. The van der Waals surface area contributed by atoms with Gasteiger partial charge in [-0.1, -0.05) is 24.3 Å². The SMILES string of the molecule is C/C=C(/c1ccc(C2=CC(OC)=C(OC)C(OC)C2)s1)c1ccccc1OC=O. The van der Waals surface area contributed by atoms with Crippen LogP contribution in [0.2, 0.25) is 0 Å². The van der Waals surface area contributed by atoms with Crippen molar-refractivity contribution >= 4 is 29.0 Å². The zero-order chi connectivity index (χ0) is 20.8. The average Bonchev–Trinajstić information content (AvgIpc) is 3.24. The van der Waals surface area contributed by atoms with Crippen molar-refractivity contribution in [3.63, 3.8) is 0 Å². The van der Waals surface area contributed by atoms with Crippen LogP contribution in [0, 0.1) is 0 Å². The van der Waals surface area contributed by atoms with E-state index >= 15 is 0 Å². The summed E-state index contributed by atoms with van der Waals surface area (Å²) in [5, 5.41) is 0. The van der Waals surface area contributed by atoms with E-state index in [2.05, 4.69) is 12.1 Å². The highest BCUT2D eigenvalue weighted by atomic mass is 32.1. The molecule has 1 aliphatic rings. The van der Waals surface area contributed by atoms with Gasteiger partial charge in [-0.2, -0.15) is 0 Å². The Kier molecular flexibility index (Phi) is 6.90. The van der Waals surface area contributed by atoms with Gasteiger partial charge in [0.05, 0.1) is 14.2 Å². The fourth-order valence-corrected chi connectivity index (χ4v) is 4.54. The fourth-order valence-electron chi connectivity index (χ4n) is 3.42. The molecule has 5 nitrogen and oxygen atoms in total. The largest absolute Gasteiger partial charge is 0.494 e. The smallest absolute Gasteiger partial charge is 0.298 e. The molecule has 0 saturated carbocycles. The Bertz CT molecular complexity index is 967. The molecule has 0 amide bonds. The van der Waals surface area contributed by atoms with Crippen molar-refractivity contribution in [2.75, 3.05) is 21.3 Å². The molecule has 152 valence electrons. The van der Waals surface area contributed by atoms with E-state index in [4.69, 9.17) is 18.9 Å². The second kappa shape index (κ2) is 9.58. The van der Waals surface area contributed by atoms with Crippen molar-refractivity contribution in [3.8, 4) is 5.75 Å². The summed E-state index contributed by atoms with van der Waals surface area (Å²) in [6.45, 7) is 2.43. The maximum absolute atomic E-state index is 10.9. The molecule has 2 aromatic rings. The molecule has 0 N–H and O–H groups in total. The number of para-hydroxylation sites is 1. The number of ether oxygens (including phenoxy) is 4. The maximum Gasteiger partial charge on any atom is 0.298 e. The van der Waals surface area contributed by atoms with Crippen LogP contribution in [-0.4, -0.2) is 33.9 Å². The van der Waals surface area contributed by atoms with Crippen molar-refractivity contribution in [3.05, 3.63) is 75.4 Å². The van der Waals surface area contributed by atoms with Crippen LogP contribution in [0.3, 0.4) is 0 Å². The minimum atomic E-state index is -0.191. The lowest BCUT2D eigenvalue weighted by atomic mass is 9.98. The number of methoxy groups -OCH3 is 3. The second-order valence-electron chi connectivity index (χ2n) is 6.31. The molecule has 29 heavy (non-hydrogen) atoms. The number of hydrogen-bond donors (Lipinski definition) is 0. The molecule has 0 spiro atoms. The van der Waals surface area contributed by atoms with Crippen LogP contribution in [0.15, 0.2) is 60.1 Å². The highest BCUT2D eigenvalue weighted by Gasteiger charge is 2.27. The van der Waals surface area contributed by atoms with E-state index in [9.17, 15) is 4.79 Å². The summed E-state index contributed by atoms with van der Waals surface area (Å²) in [6, 6.07) is 11.7. The lowest BCUT2D eigenvalue weighted by Crippen LogP contribution is -2.21. The van der Waals surface area contributed by atoms with Crippen LogP contribution in [-0.2, 0) is 19.0 Å². The summed E-state index contributed by atoms with van der Waals surface area (Å²) in [6.07, 6.45) is 4.54. The maximum atomic E-state index is 10.9. The summed E-state index contributed by atoms with van der Waals surface area (Å²) in [5.74, 6) is 1.91. The van der Waals surface area contributed by atoms with Crippen LogP contribution in [0.5, 0.6) is 5.75 Å². The van der Waals surface area contributed by atoms with Crippen LogP contribution >= 0.6 is 11.3 Å². The Morgan fingerprint density at radius 3 is 2.55 bits per heavy atom. The van der Waals surface area contributed by atoms with Gasteiger partial charge in [-0.3, -0.25) is 4.79 Å². The van der Waals surface area contributed by atoms with Gasteiger partial charge in [-0.25, -0.2) is 0 Å². The number of rotatable bonds is 8.